The summed E-state index contributed by atoms with van der Waals surface area (Å²) in [5, 5.41) is 3.41. The predicted molar refractivity (Wildman–Crippen MR) is 107 cm³/mol. The summed E-state index contributed by atoms with van der Waals surface area (Å²) in [6.07, 6.45) is 4.73. The van der Waals surface area contributed by atoms with Crippen LogP contribution in [0.4, 0.5) is 5.69 Å². The molecule has 1 aliphatic rings. The van der Waals surface area contributed by atoms with Gasteiger partial charge >= 0.3 is 0 Å². The maximum Gasteiger partial charge on any atom is 0.244 e. The van der Waals surface area contributed by atoms with Crippen LogP contribution in [0.15, 0.2) is 48.5 Å². The van der Waals surface area contributed by atoms with Gasteiger partial charge < -0.3 is 15.0 Å². The highest BCUT2D eigenvalue weighted by atomic mass is 35.5. The Labute approximate surface area is 163 Å². The van der Waals surface area contributed by atoms with Crippen LogP contribution in [0.25, 0.3) is 6.08 Å². The second-order valence-corrected chi connectivity index (χ2v) is 6.68. The Morgan fingerprint density at radius 3 is 2.70 bits per heavy atom. The zero-order chi connectivity index (χ0) is 19.2. The molecule has 1 N–H and O–H groups in total. The Kier molecular flexibility index (Phi) is 6.14. The molecule has 0 aromatic heterocycles. The standard InChI is InChI=1S/C21H21ClN2O3/c1-27-19-10-7-17(22)13-16(19)14-23-20(25)11-6-15-4-8-18(9-5-15)24-12-2-3-21(24)26/h4-11,13H,2-3,12,14H2,1H3,(H,23,25)/b11-6+. The lowest BCUT2D eigenvalue weighted by molar-refractivity contribution is -0.117. The number of methoxy groups -OCH3 is 1. The number of rotatable bonds is 6. The van der Waals surface area contributed by atoms with Crippen molar-refractivity contribution in [3.63, 3.8) is 0 Å². The topological polar surface area (TPSA) is 58.6 Å². The minimum atomic E-state index is -0.212. The number of nitrogens with zero attached hydrogens (tertiary/aromatic N) is 1. The molecule has 1 fully saturated rings. The Morgan fingerprint density at radius 2 is 2.04 bits per heavy atom. The van der Waals surface area contributed by atoms with E-state index in [0.29, 0.717) is 23.7 Å². The average Bonchev–Trinajstić information content (AvgIpc) is 3.11. The second kappa shape index (κ2) is 8.73. The highest BCUT2D eigenvalue weighted by Crippen LogP contribution is 2.23. The normalized spacial score (nSPS) is 14.0. The molecule has 2 aromatic rings. The molecule has 0 spiro atoms. The van der Waals surface area contributed by atoms with E-state index in [1.807, 2.05) is 24.3 Å². The van der Waals surface area contributed by atoms with Crippen molar-refractivity contribution >= 4 is 35.2 Å². The third-order valence-electron chi connectivity index (χ3n) is 4.40. The summed E-state index contributed by atoms with van der Waals surface area (Å²) in [4.78, 5) is 25.6. The summed E-state index contributed by atoms with van der Waals surface area (Å²) in [5.74, 6) is 0.626. The molecule has 1 saturated heterocycles. The summed E-state index contributed by atoms with van der Waals surface area (Å²) in [7, 11) is 1.58. The minimum Gasteiger partial charge on any atom is -0.496 e. The number of carbonyl (C=O) groups excluding carboxylic acids is 2. The van der Waals surface area contributed by atoms with Gasteiger partial charge in [-0.3, -0.25) is 9.59 Å². The molecule has 2 aromatic carbocycles. The van der Waals surface area contributed by atoms with Gasteiger partial charge in [0.25, 0.3) is 0 Å². The van der Waals surface area contributed by atoms with E-state index in [-0.39, 0.29) is 11.8 Å². The maximum absolute atomic E-state index is 12.1. The Balaban J connectivity index is 1.57. The van der Waals surface area contributed by atoms with Gasteiger partial charge in [0, 0.05) is 41.9 Å². The quantitative estimate of drug-likeness (QED) is 0.770. The molecule has 1 aliphatic heterocycles. The van der Waals surface area contributed by atoms with Gasteiger partial charge in [-0.1, -0.05) is 23.7 Å². The van der Waals surface area contributed by atoms with Gasteiger partial charge in [-0.15, -0.1) is 0 Å². The molecule has 140 valence electrons. The van der Waals surface area contributed by atoms with Crippen LogP contribution in [-0.2, 0) is 16.1 Å². The van der Waals surface area contributed by atoms with Crippen LogP contribution in [0, 0.1) is 0 Å². The first-order chi connectivity index (χ1) is 13.1. The monoisotopic (exact) mass is 384 g/mol. The molecule has 0 saturated carbocycles. The molecular weight excluding hydrogens is 364 g/mol. The van der Waals surface area contributed by atoms with Crippen LogP contribution in [0.3, 0.4) is 0 Å². The van der Waals surface area contributed by atoms with Gasteiger partial charge in [-0.25, -0.2) is 0 Å². The summed E-state index contributed by atoms with van der Waals surface area (Å²) in [6, 6.07) is 12.9. The van der Waals surface area contributed by atoms with Crippen LogP contribution >= 0.6 is 11.6 Å². The first-order valence-electron chi connectivity index (χ1n) is 8.75. The zero-order valence-electron chi connectivity index (χ0n) is 15.1. The van der Waals surface area contributed by atoms with Crippen LogP contribution in [0.2, 0.25) is 5.02 Å². The van der Waals surface area contributed by atoms with Crippen molar-refractivity contribution in [1.82, 2.24) is 5.32 Å². The number of anilines is 1. The summed E-state index contributed by atoms with van der Waals surface area (Å²) >= 11 is 5.99. The Hall–Kier alpha value is -2.79. The zero-order valence-corrected chi connectivity index (χ0v) is 15.8. The fourth-order valence-corrected chi connectivity index (χ4v) is 3.18. The molecule has 27 heavy (non-hydrogen) atoms. The summed E-state index contributed by atoms with van der Waals surface area (Å²) in [5.41, 5.74) is 2.60. The van der Waals surface area contributed by atoms with E-state index in [0.717, 1.165) is 29.8 Å². The van der Waals surface area contributed by atoms with Crippen molar-refractivity contribution < 1.29 is 14.3 Å². The molecule has 2 amide bonds. The van der Waals surface area contributed by atoms with E-state index >= 15 is 0 Å². The van der Waals surface area contributed by atoms with Gasteiger partial charge in [-0.05, 0) is 48.4 Å². The minimum absolute atomic E-state index is 0.161. The maximum atomic E-state index is 12.1. The Morgan fingerprint density at radius 1 is 1.26 bits per heavy atom. The Bertz CT molecular complexity index is 862. The van der Waals surface area contributed by atoms with E-state index in [2.05, 4.69) is 5.32 Å². The SMILES string of the molecule is COc1ccc(Cl)cc1CNC(=O)/C=C/c1ccc(N2CCCC2=O)cc1. The summed E-state index contributed by atoms with van der Waals surface area (Å²) in [6.45, 7) is 1.09. The van der Waals surface area contributed by atoms with Crippen molar-refractivity contribution in [2.45, 2.75) is 19.4 Å². The van der Waals surface area contributed by atoms with Crippen LogP contribution in [0.5, 0.6) is 5.75 Å². The number of benzene rings is 2. The molecule has 0 aliphatic carbocycles. The first kappa shape index (κ1) is 19.0. The van der Waals surface area contributed by atoms with Gasteiger partial charge in [0.2, 0.25) is 11.8 Å². The fraction of sp³-hybridized carbons (Fsp3) is 0.238. The third-order valence-corrected chi connectivity index (χ3v) is 4.64. The lowest BCUT2D eigenvalue weighted by Crippen LogP contribution is -2.23. The molecule has 0 unspecified atom stereocenters. The number of hydrogen-bond acceptors (Lipinski definition) is 3. The second-order valence-electron chi connectivity index (χ2n) is 6.25. The van der Waals surface area contributed by atoms with Crippen molar-refractivity contribution in [3.05, 3.63) is 64.7 Å². The lowest BCUT2D eigenvalue weighted by Gasteiger charge is -2.15. The number of amides is 2. The molecule has 6 heteroatoms. The number of nitrogens with one attached hydrogen (secondary N) is 1. The van der Waals surface area contributed by atoms with E-state index in [9.17, 15) is 9.59 Å². The number of ether oxygens (including phenoxy) is 1. The third kappa shape index (κ3) is 4.89. The largest absolute Gasteiger partial charge is 0.496 e. The van der Waals surface area contributed by atoms with Crippen molar-refractivity contribution in [1.29, 1.82) is 0 Å². The van der Waals surface area contributed by atoms with E-state index in [4.69, 9.17) is 16.3 Å². The first-order valence-corrected chi connectivity index (χ1v) is 9.13. The predicted octanol–water partition coefficient (Wildman–Crippen LogP) is 3.81. The average molecular weight is 385 g/mol. The smallest absolute Gasteiger partial charge is 0.244 e. The van der Waals surface area contributed by atoms with Crippen molar-refractivity contribution in [3.8, 4) is 5.75 Å². The van der Waals surface area contributed by atoms with Gasteiger partial charge in [0.15, 0.2) is 0 Å². The lowest BCUT2D eigenvalue weighted by atomic mass is 10.1. The molecule has 0 bridgehead atoms. The number of hydrogen-bond donors (Lipinski definition) is 1. The number of carbonyl (C=O) groups is 2. The van der Waals surface area contributed by atoms with Crippen LogP contribution < -0.4 is 15.0 Å². The molecular formula is C21H21ClN2O3. The summed E-state index contributed by atoms with van der Waals surface area (Å²) < 4.78 is 5.27. The molecule has 0 atom stereocenters. The molecule has 5 nitrogen and oxygen atoms in total. The highest BCUT2D eigenvalue weighted by Gasteiger charge is 2.21. The van der Waals surface area contributed by atoms with E-state index in [1.54, 1.807) is 36.3 Å². The van der Waals surface area contributed by atoms with Crippen molar-refractivity contribution in [2.24, 2.45) is 0 Å². The fourth-order valence-electron chi connectivity index (χ4n) is 2.99. The van der Waals surface area contributed by atoms with Crippen molar-refractivity contribution in [2.75, 3.05) is 18.6 Å². The van der Waals surface area contributed by atoms with Gasteiger partial charge in [0.05, 0.1) is 7.11 Å². The molecule has 0 radical (unpaired) electrons. The van der Waals surface area contributed by atoms with Gasteiger partial charge in [0.1, 0.15) is 5.75 Å². The van der Waals surface area contributed by atoms with Crippen LogP contribution in [-0.4, -0.2) is 25.5 Å². The van der Waals surface area contributed by atoms with Gasteiger partial charge in [-0.2, -0.15) is 0 Å². The molecule has 1 heterocycles. The highest BCUT2D eigenvalue weighted by molar-refractivity contribution is 6.30. The van der Waals surface area contributed by atoms with E-state index in [1.165, 1.54) is 6.08 Å². The number of halogens is 1. The van der Waals surface area contributed by atoms with E-state index < -0.39 is 0 Å². The van der Waals surface area contributed by atoms with Crippen LogP contribution in [0.1, 0.15) is 24.0 Å². The molecule has 3 rings (SSSR count).